The number of hydrogen-bond acceptors (Lipinski definition) is 2. The Morgan fingerprint density at radius 1 is 1.22 bits per heavy atom. The van der Waals surface area contributed by atoms with E-state index in [1.807, 2.05) is 48.7 Å². The van der Waals surface area contributed by atoms with Gasteiger partial charge in [-0.25, -0.2) is 0 Å². The molecule has 4 rings (SSSR count). The summed E-state index contributed by atoms with van der Waals surface area (Å²) in [7, 11) is 0. The van der Waals surface area contributed by atoms with Crippen LogP contribution in [0.25, 0.3) is 10.9 Å². The zero-order valence-corrected chi connectivity index (χ0v) is 12.8. The zero-order chi connectivity index (χ0) is 15.6. The number of amides is 1. The summed E-state index contributed by atoms with van der Waals surface area (Å²) in [4.78, 5) is 15.5. The molecule has 0 fully saturated rings. The Morgan fingerprint density at radius 3 is 3.09 bits per heavy atom. The summed E-state index contributed by atoms with van der Waals surface area (Å²) >= 11 is 0. The molecule has 0 bridgehead atoms. The molecule has 1 aromatic heterocycles. The molecule has 2 N–H and O–H groups in total. The predicted octanol–water partition coefficient (Wildman–Crippen LogP) is 3.67. The molecule has 3 aromatic rings. The van der Waals surface area contributed by atoms with Crippen molar-refractivity contribution in [2.45, 2.75) is 19.3 Å². The Hall–Kier alpha value is -2.75. The zero-order valence-electron chi connectivity index (χ0n) is 12.8. The van der Waals surface area contributed by atoms with Crippen molar-refractivity contribution in [2.75, 3.05) is 11.9 Å². The van der Waals surface area contributed by atoms with Gasteiger partial charge in [0.25, 0.3) is 0 Å². The van der Waals surface area contributed by atoms with Crippen LogP contribution in [-0.2, 0) is 17.6 Å². The topological polar surface area (TPSA) is 54.1 Å². The lowest BCUT2D eigenvalue weighted by molar-refractivity contribution is -0.115. The number of hydrogen-bond donors (Lipinski definition) is 2. The second-order valence-electron chi connectivity index (χ2n) is 5.86. The summed E-state index contributed by atoms with van der Waals surface area (Å²) in [5.41, 5.74) is 4.07. The molecule has 0 saturated carbocycles. The van der Waals surface area contributed by atoms with Crippen molar-refractivity contribution in [3.63, 3.8) is 0 Å². The number of benzene rings is 2. The van der Waals surface area contributed by atoms with Crippen molar-refractivity contribution in [2.24, 2.45) is 0 Å². The number of anilines is 1. The summed E-state index contributed by atoms with van der Waals surface area (Å²) in [5, 5.41) is 4.09. The molecule has 23 heavy (non-hydrogen) atoms. The number of aryl methyl sites for hydroxylation is 1. The van der Waals surface area contributed by atoms with E-state index < -0.39 is 0 Å². The molecular formula is C19H18N2O2. The number of para-hydroxylation sites is 1. The highest BCUT2D eigenvalue weighted by Gasteiger charge is 2.13. The van der Waals surface area contributed by atoms with Gasteiger partial charge < -0.3 is 15.0 Å². The summed E-state index contributed by atoms with van der Waals surface area (Å²) in [6.07, 6.45) is 4.30. The second kappa shape index (κ2) is 5.80. The summed E-state index contributed by atoms with van der Waals surface area (Å²) in [6, 6.07) is 13.9. The lowest BCUT2D eigenvalue weighted by Gasteiger charge is -2.18. The van der Waals surface area contributed by atoms with Gasteiger partial charge >= 0.3 is 0 Å². The molecule has 2 heterocycles. The Bertz CT molecular complexity index is 867. The third kappa shape index (κ3) is 2.80. The summed E-state index contributed by atoms with van der Waals surface area (Å²) in [6.45, 7) is 0.777. The van der Waals surface area contributed by atoms with Gasteiger partial charge in [0, 0.05) is 22.8 Å². The maximum atomic E-state index is 12.3. The molecule has 0 saturated heterocycles. The summed E-state index contributed by atoms with van der Waals surface area (Å²) in [5.74, 6) is 0.928. The minimum atomic E-state index is -0.00793. The normalized spacial score (nSPS) is 13.4. The van der Waals surface area contributed by atoms with Gasteiger partial charge in [-0.1, -0.05) is 18.2 Å². The first-order valence-corrected chi connectivity index (χ1v) is 7.90. The van der Waals surface area contributed by atoms with Gasteiger partial charge in [-0.2, -0.15) is 0 Å². The second-order valence-corrected chi connectivity index (χ2v) is 5.86. The number of fused-ring (bicyclic) bond motifs is 2. The number of carbonyl (C=O) groups is 1. The van der Waals surface area contributed by atoms with Gasteiger partial charge in [0.15, 0.2) is 0 Å². The molecule has 0 radical (unpaired) electrons. The van der Waals surface area contributed by atoms with Gasteiger partial charge in [0.1, 0.15) is 5.75 Å². The molecule has 116 valence electrons. The van der Waals surface area contributed by atoms with E-state index in [4.69, 9.17) is 4.74 Å². The monoisotopic (exact) mass is 306 g/mol. The van der Waals surface area contributed by atoms with Crippen LogP contribution in [0.4, 0.5) is 5.69 Å². The van der Waals surface area contributed by atoms with E-state index in [9.17, 15) is 4.79 Å². The maximum Gasteiger partial charge on any atom is 0.228 e. The van der Waals surface area contributed by atoms with Crippen LogP contribution in [0.5, 0.6) is 5.75 Å². The average molecular weight is 306 g/mol. The highest BCUT2D eigenvalue weighted by Crippen LogP contribution is 2.27. The largest absolute Gasteiger partial charge is 0.493 e. The molecule has 0 unspecified atom stereocenters. The predicted molar refractivity (Wildman–Crippen MR) is 90.9 cm³/mol. The molecule has 1 aliphatic rings. The van der Waals surface area contributed by atoms with E-state index in [2.05, 4.69) is 10.3 Å². The Labute approximate surface area is 134 Å². The van der Waals surface area contributed by atoms with Gasteiger partial charge in [0.2, 0.25) is 5.91 Å². The van der Waals surface area contributed by atoms with Crippen molar-refractivity contribution >= 4 is 22.5 Å². The highest BCUT2D eigenvalue weighted by molar-refractivity contribution is 5.95. The third-order valence-electron chi connectivity index (χ3n) is 4.22. The molecule has 4 heteroatoms. The van der Waals surface area contributed by atoms with Crippen LogP contribution < -0.4 is 10.1 Å². The Morgan fingerprint density at radius 2 is 2.13 bits per heavy atom. The fourth-order valence-electron chi connectivity index (χ4n) is 3.09. The van der Waals surface area contributed by atoms with Gasteiger partial charge in [-0.05, 0) is 48.2 Å². The van der Waals surface area contributed by atoms with Gasteiger partial charge in [-0.3, -0.25) is 4.79 Å². The first-order chi connectivity index (χ1) is 11.3. The minimum Gasteiger partial charge on any atom is -0.493 e. The van der Waals surface area contributed by atoms with E-state index >= 15 is 0 Å². The number of ether oxygens (including phenoxy) is 1. The molecule has 0 atom stereocenters. The molecule has 0 spiro atoms. The Balaban J connectivity index is 1.50. The SMILES string of the molecule is O=C(Cc1c[nH]c2ccccc12)Nc1ccc2c(c1)CCCO2. The van der Waals surface area contributed by atoms with Crippen molar-refractivity contribution in [3.05, 3.63) is 59.8 Å². The molecule has 1 amide bonds. The van der Waals surface area contributed by atoms with Crippen LogP contribution in [0.15, 0.2) is 48.7 Å². The lowest BCUT2D eigenvalue weighted by atomic mass is 10.1. The van der Waals surface area contributed by atoms with Crippen LogP contribution in [0.3, 0.4) is 0 Å². The fraction of sp³-hybridized carbons (Fsp3) is 0.211. The van der Waals surface area contributed by atoms with E-state index in [-0.39, 0.29) is 5.91 Å². The van der Waals surface area contributed by atoms with Crippen LogP contribution in [0, 0.1) is 0 Å². The van der Waals surface area contributed by atoms with E-state index in [0.29, 0.717) is 6.42 Å². The first-order valence-electron chi connectivity index (χ1n) is 7.90. The van der Waals surface area contributed by atoms with Crippen LogP contribution in [-0.4, -0.2) is 17.5 Å². The number of carbonyl (C=O) groups excluding carboxylic acids is 1. The quantitative estimate of drug-likeness (QED) is 0.775. The van der Waals surface area contributed by atoms with E-state index in [0.717, 1.165) is 47.4 Å². The van der Waals surface area contributed by atoms with Gasteiger partial charge in [-0.15, -0.1) is 0 Å². The van der Waals surface area contributed by atoms with Crippen LogP contribution >= 0.6 is 0 Å². The smallest absolute Gasteiger partial charge is 0.228 e. The van der Waals surface area contributed by atoms with E-state index in [1.54, 1.807) is 0 Å². The number of aromatic amines is 1. The highest BCUT2D eigenvalue weighted by atomic mass is 16.5. The Kier molecular flexibility index (Phi) is 3.50. The number of nitrogens with one attached hydrogen (secondary N) is 2. The first kappa shape index (κ1) is 13.9. The lowest BCUT2D eigenvalue weighted by Crippen LogP contribution is -2.15. The third-order valence-corrected chi connectivity index (χ3v) is 4.22. The van der Waals surface area contributed by atoms with Crippen molar-refractivity contribution in [1.29, 1.82) is 0 Å². The maximum absolute atomic E-state index is 12.3. The number of H-pyrrole nitrogens is 1. The molecule has 2 aromatic carbocycles. The van der Waals surface area contributed by atoms with Crippen LogP contribution in [0.2, 0.25) is 0 Å². The summed E-state index contributed by atoms with van der Waals surface area (Å²) < 4.78 is 5.60. The number of aromatic nitrogens is 1. The average Bonchev–Trinajstić information content (AvgIpc) is 2.98. The molecule has 4 nitrogen and oxygen atoms in total. The van der Waals surface area contributed by atoms with E-state index in [1.165, 1.54) is 5.56 Å². The van der Waals surface area contributed by atoms with Crippen molar-refractivity contribution < 1.29 is 9.53 Å². The van der Waals surface area contributed by atoms with Gasteiger partial charge in [0.05, 0.1) is 13.0 Å². The minimum absolute atomic E-state index is 0.00793. The molecular weight excluding hydrogens is 288 g/mol. The van der Waals surface area contributed by atoms with Crippen molar-refractivity contribution in [3.8, 4) is 5.75 Å². The van der Waals surface area contributed by atoms with Crippen molar-refractivity contribution in [1.82, 2.24) is 4.98 Å². The standard InChI is InChI=1S/C19H18N2O2/c22-19(11-14-12-20-17-6-2-1-5-16(14)17)21-15-7-8-18-13(10-15)4-3-9-23-18/h1-2,5-8,10,12,20H,3-4,9,11H2,(H,21,22). The number of rotatable bonds is 3. The molecule has 1 aliphatic heterocycles. The fourth-order valence-corrected chi connectivity index (χ4v) is 3.09. The molecule has 0 aliphatic carbocycles. The van der Waals surface area contributed by atoms with Crippen LogP contribution in [0.1, 0.15) is 17.5 Å².